The van der Waals surface area contributed by atoms with Gasteiger partial charge in [-0.1, -0.05) is 11.6 Å². The van der Waals surface area contributed by atoms with Crippen LogP contribution in [-0.4, -0.2) is 10.9 Å². The van der Waals surface area contributed by atoms with E-state index in [-0.39, 0.29) is 17.1 Å². The van der Waals surface area contributed by atoms with Gasteiger partial charge < -0.3 is 5.11 Å². The van der Waals surface area contributed by atoms with Crippen LogP contribution in [0.25, 0.3) is 0 Å². The number of carbonyl (C=O) groups excluding carboxylic acids is 1. The summed E-state index contributed by atoms with van der Waals surface area (Å²) >= 11 is 5.70. The van der Waals surface area contributed by atoms with Gasteiger partial charge in [0.1, 0.15) is 11.6 Å². The molecule has 0 atom stereocenters. The summed E-state index contributed by atoms with van der Waals surface area (Å²) in [5.41, 5.74) is 0.449. The molecule has 0 radical (unpaired) electrons. The Morgan fingerprint density at radius 3 is 2.35 bits per heavy atom. The van der Waals surface area contributed by atoms with Crippen molar-refractivity contribution in [1.82, 2.24) is 0 Å². The van der Waals surface area contributed by atoms with Gasteiger partial charge in [0, 0.05) is 16.7 Å². The van der Waals surface area contributed by atoms with Gasteiger partial charge in [-0.3, -0.25) is 4.79 Å². The molecule has 0 aromatic heterocycles. The molecule has 0 fully saturated rings. The molecule has 2 aromatic carbocycles. The fourth-order valence-electron chi connectivity index (χ4n) is 1.45. The molecule has 4 heteroatoms. The Labute approximate surface area is 102 Å². The molecule has 0 aliphatic heterocycles. The number of phenols is 1. The highest BCUT2D eigenvalue weighted by Crippen LogP contribution is 2.22. The highest BCUT2D eigenvalue weighted by atomic mass is 35.5. The smallest absolute Gasteiger partial charge is 0.196 e. The molecule has 0 saturated carbocycles. The molecular weight excluding hydrogens is 243 g/mol. The lowest BCUT2D eigenvalue weighted by atomic mass is 10.0. The van der Waals surface area contributed by atoms with Crippen molar-refractivity contribution < 1.29 is 14.3 Å². The van der Waals surface area contributed by atoms with Crippen LogP contribution in [0.4, 0.5) is 4.39 Å². The Morgan fingerprint density at radius 2 is 1.76 bits per heavy atom. The SMILES string of the molecule is O=C(c1ccc(Cl)cc1)c1ccc(F)cc1O. The predicted molar refractivity (Wildman–Crippen MR) is 62.9 cm³/mol. The molecule has 2 nitrogen and oxygen atoms in total. The first-order valence-electron chi connectivity index (χ1n) is 4.87. The van der Waals surface area contributed by atoms with Gasteiger partial charge >= 0.3 is 0 Å². The minimum Gasteiger partial charge on any atom is -0.507 e. The second-order valence-corrected chi connectivity index (χ2v) is 3.93. The summed E-state index contributed by atoms with van der Waals surface area (Å²) in [6.45, 7) is 0. The Bertz CT molecular complexity index is 564. The first-order valence-corrected chi connectivity index (χ1v) is 5.24. The molecule has 1 N–H and O–H groups in total. The average molecular weight is 251 g/mol. The third-order valence-corrected chi connectivity index (χ3v) is 2.56. The molecule has 0 amide bonds. The monoisotopic (exact) mass is 250 g/mol. The van der Waals surface area contributed by atoms with E-state index in [0.29, 0.717) is 10.6 Å². The fourth-order valence-corrected chi connectivity index (χ4v) is 1.58. The van der Waals surface area contributed by atoms with Crippen LogP contribution in [0.2, 0.25) is 5.02 Å². The zero-order chi connectivity index (χ0) is 12.4. The van der Waals surface area contributed by atoms with E-state index in [0.717, 1.165) is 12.1 Å². The zero-order valence-electron chi connectivity index (χ0n) is 8.65. The van der Waals surface area contributed by atoms with Crippen molar-refractivity contribution in [2.45, 2.75) is 0 Å². The summed E-state index contributed by atoms with van der Waals surface area (Å²) in [5.74, 6) is -1.33. The van der Waals surface area contributed by atoms with Crippen LogP contribution in [0.3, 0.4) is 0 Å². The largest absolute Gasteiger partial charge is 0.507 e. The maximum atomic E-state index is 12.8. The third-order valence-electron chi connectivity index (χ3n) is 2.31. The molecule has 0 aliphatic rings. The van der Waals surface area contributed by atoms with Crippen LogP contribution in [0, 0.1) is 5.82 Å². The fraction of sp³-hybridized carbons (Fsp3) is 0. The van der Waals surface area contributed by atoms with Crippen LogP contribution >= 0.6 is 11.6 Å². The topological polar surface area (TPSA) is 37.3 Å². The van der Waals surface area contributed by atoms with E-state index in [4.69, 9.17) is 11.6 Å². The summed E-state index contributed by atoms with van der Waals surface area (Å²) < 4.78 is 12.8. The number of aromatic hydroxyl groups is 1. The number of carbonyl (C=O) groups is 1. The van der Waals surface area contributed by atoms with E-state index in [2.05, 4.69) is 0 Å². The summed E-state index contributed by atoms with van der Waals surface area (Å²) in [7, 11) is 0. The van der Waals surface area contributed by atoms with Crippen LogP contribution in [-0.2, 0) is 0 Å². The first-order chi connectivity index (χ1) is 8.08. The number of phenolic OH excluding ortho intramolecular Hbond substituents is 1. The van der Waals surface area contributed by atoms with Crippen LogP contribution in [0.1, 0.15) is 15.9 Å². The highest BCUT2D eigenvalue weighted by Gasteiger charge is 2.13. The van der Waals surface area contributed by atoms with Gasteiger partial charge in [-0.15, -0.1) is 0 Å². The lowest BCUT2D eigenvalue weighted by Gasteiger charge is -2.04. The van der Waals surface area contributed by atoms with Crippen LogP contribution in [0.15, 0.2) is 42.5 Å². The Morgan fingerprint density at radius 1 is 1.12 bits per heavy atom. The predicted octanol–water partition coefficient (Wildman–Crippen LogP) is 3.42. The van der Waals surface area contributed by atoms with Crippen LogP contribution < -0.4 is 0 Å². The van der Waals surface area contributed by atoms with E-state index in [1.54, 1.807) is 24.3 Å². The van der Waals surface area contributed by atoms with E-state index in [9.17, 15) is 14.3 Å². The summed E-state index contributed by atoms with van der Waals surface area (Å²) in [6, 6.07) is 9.54. The number of halogens is 2. The molecule has 0 aliphatic carbocycles. The normalized spacial score (nSPS) is 10.2. The van der Waals surface area contributed by atoms with Crippen molar-refractivity contribution in [2.75, 3.05) is 0 Å². The number of benzene rings is 2. The molecule has 0 heterocycles. The van der Waals surface area contributed by atoms with Crippen molar-refractivity contribution in [3.63, 3.8) is 0 Å². The van der Waals surface area contributed by atoms with Crippen molar-refractivity contribution in [2.24, 2.45) is 0 Å². The molecule has 0 saturated heterocycles. The Balaban J connectivity index is 2.40. The van der Waals surface area contributed by atoms with E-state index >= 15 is 0 Å². The molecule has 17 heavy (non-hydrogen) atoms. The zero-order valence-corrected chi connectivity index (χ0v) is 9.41. The van der Waals surface area contributed by atoms with Crippen molar-refractivity contribution in [1.29, 1.82) is 0 Å². The molecule has 86 valence electrons. The molecule has 2 rings (SSSR count). The molecular formula is C13H8ClFO2. The quantitative estimate of drug-likeness (QED) is 0.830. The van der Waals surface area contributed by atoms with Gasteiger partial charge in [-0.25, -0.2) is 4.39 Å². The number of hydrogen-bond acceptors (Lipinski definition) is 2. The molecule has 2 aromatic rings. The highest BCUT2D eigenvalue weighted by molar-refractivity contribution is 6.30. The van der Waals surface area contributed by atoms with Gasteiger partial charge in [0.25, 0.3) is 0 Å². The summed E-state index contributed by atoms with van der Waals surface area (Å²) in [5, 5.41) is 10.0. The van der Waals surface area contributed by atoms with E-state index in [1.165, 1.54) is 6.07 Å². The minimum absolute atomic E-state index is 0.0636. The second-order valence-electron chi connectivity index (χ2n) is 3.50. The van der Waals surface area contributed by atoms with E-state index in [1.807, 2.05) is 0 Å². The van der Waals surface area contributed by atoms with Crippen molar-refractivity contribution in [3.05, 3.63) is 64.4 Å². The van der Waals surface area contributed by atoms with Crippen LogP contribution in [0.5, 0.6) is 5.75 Å². The number of ketones is 1. The Kier molecular flexibility index (Phi) is 3.11. The lowest BCUT2D eigenvalue weighted by molar-refractivity contribution is 0.103. The first kappa shape index (κ1) is 11.6. The average Bonchev–Trinajstić information content (AvgIpc) is 2.29. The molecule has 0 bridgehead atoms. The maximum absolute atomic E-state index is 12.8. The molecule has 0 spiro atoms. The third kappa shape index (κ3) is 2.45. The lowest BCUT2D eigenvalue weighted by Crippen LogP contribution is -2.01. The van der Waals surface area contributed by atoms with Gasteiger partial charge in [-0.2, -0.15) is 0 Å². The van der Waals surface area contributed by atoms with E-state index < -0.39 is 5.82 Å². The summed E-state index contributed by atoms with van der Waals surface area (Å²) in [4.78, 5) is 12.0. The van der Waals surface area contributed by atoms with Gasteiger partial charge in [0.15, 0.2) is 5.78 Å². The van der Waals surface area contributed by atoms with Gasteiger partial charge in [-0.05, 0) is 36.4 Å². The standard InChI is InChI=1S/C13H8ClFO2/c14-9-3-1-8(2-4-9)13(17)11-6-5-10(15)7-12(11)16/h1-7,16H. The Hall–Kier alpha value is -1.87. The maximum Gasteiger partial charge on any atom is 0.196 e. The number of hydrogen-bond donors (Lipinski definition) is 1. The number of rotatable bonds is 2. The van der Waals surface area contributed by atoms with Gasteiger partial charge in [0.2, 0.25) is 0 Å². The van der Waals surface area contributed by atoms with Crippen molar-refractivity contribution in [3.8, 4) is 5.75 Å². The van der Waals surface area contributed by atoms with Crippen molar-refractivity contribution >= 4 is 17.4 Å². The summed E-state index contributed by atoms with van der Waals surface area (Å²) in [6.07, 6.45) is 0. The second kappa shape index (κ2) is 4.55. The van der Waals surface area contributed by atoms with Gasteiger partial charge in [0.05, 0.1) is 5.56 Å². The molecule has 0 unspecified atom stereocenters. The minimum atomic E-state index is -0.588.